The molecule has 0 unspecified atom stereocenters. The van der Waals surface area contributed by atoms with Gasteiger partial charge in [0, 0.05) is 10.8 Å². The predicted octanol–water partition coefficient (Wildman–Crippen LogP) is 4.58. The van der Waals surface area contributed by atoms with E-state index >= 15 is 0 Å². The van der Waals surface area contributed by atoms with Crippen LogP contribution >= 0.6 is 66.8 Å². The van der Waals surface area contributed by atoms with Crippen molar-refractivity contribution in [1.82, 2.24) is 0 Å². The molecule has 0 saturated carbocycles. The van der Waals surface area contributed by atoms with Crippen molar-refractivity contribution in [2.45, 2.75) is 0 Å². The highest BCUT2D eigenvalue weighted by molar-refractivity contribution is 9.12. The SMILES string of the molecule is ClC(Br)=CSC=C(Cl)Br. The molecule has 0 amide bonds. The Morgan fingerprint density at radius 2 is 1.44 bits per heavy atom. The molecule has 0 atom stereocenters. The normalized spacial score (nSPS) is 14.2. The smallest absolute Gasteiger partial charge is 0.0900 e. The van der Waals surface area contributed by atoms with E-state index in [1.54, 1.807) is 10.8 Å². The summed E-state index contributed by atoms with van der Waals surface area (Å²) in [6, 6.07) is 0. The van der Waals surface area contributed by atoms with Crippen molar-refractivity contribution >= 4 is 66.8 Å². The predicted molar refractivity (Wildman–Crippen MR) is 53.3 cm³/mol. The average Bonchev–Trinajstić information content (AvgIpc) is 1.63. The van der Waals surface area contributed by atoms with Gasteiger partial charge in [0.05, 0.1) is 7.88 Å². The number of halogens is 4. The van der Waals surface area contributed by atoms with Crippen LogP contribution in [0.15, 0.2) is 18.7 Å². The minimum Gasteiger partial charge on any atom is -0.102 e. The van der Waals surface area contributed by atoms with Crippen molar-refractivity contribution in [3.05, 3.63) is 18.7 Å². The van der Waals surface area contributed by atoms with Crippen molar-refractivity contribution in [2.24, 2.45) is 0 Å². The van der Waals surface area contributed by atoms with Gasteiger partial charge in [0.25, 0.3) is 0 Å². The zero-order valence-corrected chi connectivity index (χ0v) is 9.58. The summed E-state index contributed by atoms with van der Waals surface area (Å²) >= 11 is 18.3. The molecule has 0 aliphatic carbocycles. The third kappa shape index (κ3) is 9.37. The second-order valence-electron chi connectivity index (χ2n) is 0.951. The molecule has 0 fully saturated rings. The molecule has 0 radical (unpaired) electrons. The molecule has 52 valence electrons. The van der Waals surface area contributed by atoms with Gasteiger partial charge in [-0.3, -0.25) is 0 Å². The Morgan fingerprint density at radius 1 is 1.11 bits per heavy atom. The Balaban J connectivity index is 3.53. The molecule has 0 N–H and O–H groups in total. The maximum absolute atomic E-state index is 5.43. The van der Waals surface area contributed by atoms with Crippen LogP contribution < -0.4 is 0 Å². The molecule has 9 heavy (non-hydrogen) atoms. The van der Waals surface area contributed by atoms with Gasteiger partial charge in [0.15, 0.2) is 0 Å². The molecule has 0 spiro atoms. The lowest BCUT2D eigenvalue weighted by atomic mass is 11.2. The summed E-state index contributed by atoms with van der Waals surface area (Å²) in [6.45, 7) is 0. The lowest BCUT2D eigenvalue weighted by Gasteiger charge is -1.81. The second kappa shape index (κ2) is 6.10. The van der Waals surface area contributed by atoms with Crippen LogP contribution in [0.1, 0.15) is 0 Å². The molecule has 0 bridgehead atoms. The quantitative estimate of drug-likeness (QED) is 0.719. The zero-order valence-electron chi connectivity index (χ0n) is 4.07. The molecule has 0 rings (SSSR count). The Bertz CT molecular complexity index is 120. The van der Waals surface area contributed by atoms with Gasteiger partial charge in [-0.05, 0) is 31.9 Å². The number of hydrogen-bond donors (Lipinski definition) is 0. The lowest BCUT2D eigenvalue weighted by molar-refractivity contribution is 2.39. The van der Waals surface area contributed by atoms with Crippen LogP contribution in [-0.2, 0) is 0 Å². The van der Waals surface area contributed by atoms with Crippen molar-refractivity contribution in [1.29, 1.82) is 0 Å². The Hall–Kier alpha value is 1.37. The van der Waals surface area contributed by atoms with E-state index in [9.17, 15) is 0 Å². The fourth-order valence-corrected chi connectivity index (χ4v) is 1.37. The second-order valence-corrected chi connectivity index (χ2v) is 5.13. The molecule has 0 saturated heterocycles. The first kappa shape index (κ1) is 10.4. The minimum absolute atomic E-state index is 0.564. The van der Waals surface area contributed by atoms with Gasteiger partial charge in [-0.25, -0.2) is 0 Å². The molecule has 5 heteroatoms. The summed E-state index contributed by atoms with van der Waals surface area (Å²) in [7, 11) is 0. The highest BCUT2D eigenvalue weighted by Crippen LogP contribution is 2.21. The largest absolute Gasteiger partial charge is 0.102 e. The first-order valence-corrected chi connectivity index (χ1v) is 5.09. The van der Waals surface area contributed by atoms with E-state index in [-0.39, 0.29) is 0 Å². The summed E-state index contributed by atoms with van der Waals surface area (Å²) in [5, 5.41) is 3.43. The fourth-order valence-electron chi connectivity index (χ4n) is 0.137. The maximum atomic E-state index is 5.43. The van der Waals surface area contributed by atoms with Gasteiger partial charge in [0.2, 0.25) is 0 Å². The highest BCUT2D eigenvalue weighted by atomic mass is 79.9. The molecule has 0 aromatic rings. The third-order valence-corrected chi connectivity index (χ3v) is 2.60. The van der Waals surface area contributed by atoms with E-state index in [0.29, 0.717) is 7.88 Å². The minimum atomic E-state index is 0.564. The van der Waals surface area contributed by atoms with E-state index < -0.39 is 0 Å². The molecule has 0 aromatic heterocycles. The van der Waals surface area contributed by atoms with E-state index in [0.717, 1.165) is 0 Å². The van der Waals surface area contributed by atoms with Gasteiger partial charge in [-0.15, -0.1) is 11.8 Å². The van der Waals surface area contributed by atoms with Gasteiger partial charge >= 0.3 is 0 Å². The van der Waals surface area contributed by atoms with Crippen molar-refractivity contribution in [2.75, 3.05) is 0 Å². The van der Waals surface area contributed by atoms with E-state index in [1.807, 2.05) is 0 Å². The third-order valence-electron chi connectivity index (χ3n) is 0.314. The highest BCUT2D eigenvalue weighted by Gasteiger charge is 1.82. The van der Waals surface area contributed by atoms with Crippen LogP contribution in [0.5, 0.6) is 0 Å². The van der Waals surface area contributed by atoms with E-state index in [2.05, 4.69) is 31.9 Å². The van der Waals surface area contributed by atoms with Crippen LogP contribution in [0.3, 0.4) is 0 Å². The standard InChI is InChI=1S/C4H2Br2Cl2S/c5-3(7)1-9-2-4(6)8/h1-2H. The first-order chi connectivity index (χ1) is 4.13. The summed E-state index contributed by atoms with van der Waals surface area (Å²) in [4.78, 5) is 0. The first-order valence-electron chi connectivity index (χ1n) is 1.80. The van der Waals surface area contributed by atoms with Crippen molar-refractivity contribution < 1.29 is 0 Å². The Labute approximate surface area is 84.9 Å². The number of thioether (sulfide) groups is 1. The van der Waals surface area contributed by atoms with Crippen LogP contribution in [0.4, 0.5) is 0 Å². The summed E-state index contributed by atoms with van der Waals surface area (Å²) in [5.74, 6) is 0. The van der Waals surface area contributed by atoms with Crippen LogP contribution in [-0.4, -0.2) is 0 Å². The summed E-state index contributed by atoms with van der Waals surface area (Å²) < 4.78 is 1.13. The van der Waals surface area contributed by atoms with Crippen LogP contribution in [0, 0.1) is 0 Å². The van der Waals surface area contributed by atoms with Gasteiger partial charge in [0.1, 0.15) is 0 Å². The molecule has 0 aromatic carbocycles. The molecule has 0 heterocycles. The molecule has 0 aliphatic rings. The Morgan fingerprint density at radius 3 is 1.67 bits per heavy atom. The van der Waals surface area contributed by atoms with Gasteiger partial charge in [-0.1, -0.05) is 23.2 Å². The zero-order chi connectivity index (χ0) is 7.28. The molecule has 0 aliphatic heterocycles. The lowest BCUT2D eigenvalue weighted by Crippen LogP contribution is -1.47. The number of rotatable bonds is 2. The van der Waals surface area contributed by atoms with Crippen molar-refractivity contribution in [3.8, 4) is 0 Å². The molecular weight excluding hydrogens is 311 g/mol. The van der Waals surface area contributed by atoms with Crippen LogP contribution in [0.25, 0.3) is 0 Å². The van der Waals surface area contributed by atoms with Crippen LogP contribution in [0.2, 0.25) is 0 Å². The van der Waals surface area contributed by atoms with Crippen molar-refractivity contribution in [3.63, 3.8) is 0 Å². The number of hydrogen-bond acceptors (Lipinski definition) is 1. The van der Waals surface area contributed by atoms with Gasteiger partial charge in [-0.2, -0.15) is 0 Å². The molecule has 0 nitrogen and oxygen atoms in total. The summed E-state index contributed by atoms with van der Waals surface area (Å²) in [6.07, 6.45) is 0. The van der Waals surface area contributed by atoms with E-state index in [1.165, 1.54) is 11.8 Å². The topological polar surface area (TPSA) is 0 Å². The fraction of sp³-hybridized carbons (Fsp3) is 0. The monoisotopic (exact) mass is 310 g/mol. The molecular formula is C4H2Br2Cl2S. The summed E-state index contributed by atoms with van der Waals surface area (Å²) in [5.41, 5.74) is 0. The van der Waals surface area contributed by atoms with Gasteiger partial charge < -0.3 is 0 Å². The van der Waals surface area contributed by atoms with E-state index in [4.69, 9.17) is 23.2 Å². The average molecular weight is 313 g/mol. The Kier molecular flexibility index (Phi) is 7.03. The maximum Gasteiger partial charge on any atom is 0.0900 e.